The lowest BCUT2D eigenvalue weighted by molar-refractivity contribution is 0.261. The summed E-state index contributed by atoms with van der Waals surface area (Å²) in [5.74, 6) is -1.06. The molecule has 0 unspecified atom stereocenters. The minimum atomic E-state index is -1.13. The highest BCUT2D eigenvalue weighted by Crippen LogP contribution is 2.52. The normalized spacial score (nSPS) is 19.5. The number of benzene rings is 1. The quantitative estimate of drug-likeness (QED) is 0.575. The summed E-state index contributed by atoms with van der Waals surface area (Å²) >= 11 is 3.20. The van der Waals surface area contributed by atoms with Crippen LogP contribution in [0.4, 0.5) is 8.78 Å². The summed E-state index contributed by atoms with van der Waals surface area (Å²) < 4.78 is 40.2. The second-order valence-corrected chi connectivity index (χ2v) is 7.18. The first-order valence-corrected chi connectivity index (χ1v) is 9.05. The van der Waals surface area contributed by atoms with E-state index in [2.05, 4.69) is 30.9 Å². The van der Waals surface area contributed by atoms with Gasteiger partial charge in [0, 0.05) is 22.9 Å². The molecule has 0 saturated carbocycles. The number of aromatic nitrogens is 2. The average molecular weight is 445 g/mol. The molecule has 6 nitrogen and oxygen atoms in total. The van der Waals surface area contributed by atoms with Crippen LogP contribution in [0.3, 0.4) is 0 Å². The first-order chi connectivity index (χ1) is 13.5. The van der Waals surface area contributed by atoms with Crippen LogP contribution in [0, 0.1) is 11.9 Å². The van der Waals surface area contributed by atoms with Crippen molar-refractivity contribution >= 4 is 22.0 Å². The van der Waals surface area contributed by atoms with Crippen LogP contribution >= 0.6 is 15.9 Å². The van der Waals surface area contributed by atoms with Gasteiger partial charge in [-0.2, -0.15) is 8.78 Å². The highest BCUT2D eigenvalue weighted by molar-refractivity contribution is 9.10. The number of nitrogens with zero attached hydrogens (tertiary/aromatic N) is 3. The molecule has 0 radical (unpaired) electrons. The molecule has 5 rings (SSSR count). The minimum Gasteiger partial charge on any atom is -0.462 e. The Morgan fingerprint density at radius 3 is 2.71 bits per heavy atom. The monoisotopic (exact) mass is 444 g/mol. The zero-order chi connectivity index (χ0) is 19.5. The van der Waals surface area contributed by atoms with Crippen LogP contribution in [0.1, 0.15) is 11.1 Å². The predicted molar refractivity (Wildman–Crippen MR) is 100.0 cm³/mol. The molecule has 0 fully saturated rings. The number of halogens is 3. The molecule has 2 aliphatic rings. The molecule has 2 N–H and O–H groups in total. The van der Waals surface area contributed by atoms with Gasteiger partial charge in [-0.25, -0.2) is 15.0 Å². The molecular weight excluding hydrogens is 434 g/mol. The van der Waals surface area contributed by atoms with E-state index < -0.39 is 17.4 Å². The van der Waals surface area contributed by atoms with E-state index >= 15 is 0 Å². The van der Waals surface area contributed by atoms with Gasteiger partial charge in [-0.05, 0) is 51.8 Å². The van der Waals surface area contributed by atoms with Crippen molar-refractivity contribution in [1.82, 2.24) is 9.97 Å². The standard InChI is InChI=1S/C19H11BrF2N4O2/c20-14-7-12-15(17(22)25-14)28-13-4-3-9(10-2-1-5-24-16(10)21)6-11(13)19(12)8-27-18(23)26-19/h1-7H,8H2,(H2,23,26)/t19-/m1/s1. The Hall–Kier alpha value is -3.07. The number of pyridine rings is 2. The lowest BCUT2D eigenvalue weighted by Gasteiger charge is -2.33. The number of nitrogens with two attached hydrogens (primary N) is 1. The van der Waals surface area contributed by atoms with Gasteiger partial charge in [-0.15, -0.1) is 0 Å². The Morgan fingerprint density at radius 1 is 1.11 bits per heavy atom. The summed E-state index contributed by atoms with van der Waals surface area (Å²) in [6, 6.07) is 9.90. The van der Waals surface area contributed by atoms with Gasteiger partial charge in [0.2, 0.25) is 5.95 Å². The highest BCUT2D eigenvalue weighted by Gasteiger charge is 2.48. The fourth-order valence-electron chi connectivity index (χ4n) is 3.55. The molecule has 1 spiro atoms. The second kappa shape index (κ2) is 5.96. The van der Waals surface area contributed by atoms with E-state index in [1.807, 2.05) is 0 Å². The molecule has 3 aromatic rings. The Morgan fingerprint density at radius 2 is 1.96 bits per heavy atom. The first-order valence-electron chi connectivity index (χ1n) is 8.26. The zero-order valence-electron chi connectivity index (χ0n) is 14.1. The topological polar surface area (TPSA) is 82.6 Å². The minimum absolute atomic E-state index is 0.0231. The maximum absolute atomic E-state index is 14.5. The van der Waals surface area contributed by atoms with Crippen LogP contribution in [0.2, 0.25) is 0 Å². The van der Waals surface area contributed by atoms with Crippen molar-refractivity contribution in [1.29, 1.82) is 0 Å². The highest BCUT2D eigenvalue weighted by atomic mass is 79.9. The maximum atomic E-state index is 14.5. The van der Waals surface area contributed by atoms with E-state index in [0.717, 1.165) is 0 Å². The number of amidine groups is 1. The molecular formula is C19H11BrF2N4O2. The molecule has 2 aliphatic heterocycles. The van der Waals surface area contributed by atoms with Crippen LogP contribution in [0.15, 0.2) is 52.2 Å². The van der Waals surface area contributed by atoms with Crippen molar-refractivity contribution in [2.75, 3.05) is 6.61 Å². The third kappa shape index (κ3) is 2.39. The van der Waals surface area contributed by atoms with Crippen LogP contribution in [-0.2, 0) is 10.3 Å². The molecule has 1 aromatic carbocycles. The van der Waals surface area contributed by atoms with Gasteiger partial charge in [-0.1, -0.05) is 6.07 Å². The maximum Gasteiger partial charge on any atom is 0.283 e. The van der Waals surface area contributed by atoms with Gasteiger partial charge in [-0.3, -0.25) is 0 Å². The van der Waals surface area contributed by atoms with Gasteiger partial charge in [0.1, 0.15) is 17.0 Å². The van der Waals surface area contributed by atoms with E-state index in [-0.39, 0.29) is 23.0 Å². The first kappa shape index (κ1) is 17.1. The van der Waals surface area contributed by atoms with E-state index in [1.54, 1.807) is 36.4 Å². The van der Waals surface area contributed by atoms with Crippen LogP contribution < -0.4 is 10.5 Å². The van der Waals surface area contributed by atoms with Gasteiger partial charge in [0.25, 0.3) is 12.0 Å². The SMILES string of the molecule is NC1=N[C@]2(CO1)c1cc(-c3cccnc3F)ccc1Oc1c2cc(Br)nc1F. The van der Waals surface area contributed by atoms with Crippen molar-refractivity contribution in [2.45, 2.75) is 5.54 Å². The lowest BCUT2D eigenvalue weighted by atomic mass is 9.81. The molecule has 1 atom stereocenters. The molecule has 0 bridgehead atoms. The predicted octanol–water partition coefficient (Wildman–Crippen LogP) is 3.88. The van der Waals surface area contributed by atoms with Crippen molar-refractivity contribution in [3.05, 3.63) is 70.2 Å². The number of fused-ring (bicyclic) bond motifs is 4. The van der Waals surface area contributed by atoms with E-state index in [1.165, 1.54) is 6.20 Å². The second-order valence-electron chi connectivity index (χ2n) is 6.37. The Kier molecular flexibility index (Phi) is 3.63. The van der Waals surface area contributed by atoms with Gasteiger partial charge < -0.3 is 15.2 Å². The van der Waals surface area contributed by atoms with Gasteiger partial charge in [0.05, 0.1) is 0 Å². The fraction of sp³-hybridized carbons (Fsp3) is 0.105. The number of aliphatic imine (C=N–C) groups is 1. The molecule has 4 heterocycles. The van der Waals surface area contributed by atoms with Crippen LogP contribution in [0.5, 0.6) is 11.5 Å². The molecule has 140 valence electrons. The van der Waals surface area contributed by atoms with E-state index in [9.17, 15) is 8.78 Å². The van der Waals surface area contributed by atoms with E-state index in [0.29, 0.717) is 28.0 Å². The largest absolute Gasteiger partial charge is 0.462 e. The molecule has 0 saturated heterocycles. The summed E-state index contributed by atoms with van der Waals surface area (Å²) in [6.07, 6.45) is 1.38. The molecule has 9 heteroatoms. The summed E-state index contributed by atoms with van der Waals surface area (Å²) in [4.78, 5) is 11.9. The summed E-state index contributed by atoms with van der Waals surface area (Å²) in [5, 5.41) is 0. The van der Waals surface area contributed by atoms with Crippen molar-refractivity contribution in [3.63, 3.8) is 0 Å². The number of hydrogen-bond donors (Lipinski definition) is 1. The summed E-state index contributed by atoms with van der Waals surface area (Å²) in [7, 11) is 0. The third-order valence-electron chi connectivity index (χ3n) is 4.78. The molecule has 2 aromatic heterocycles. The number of hydrogen-bond acceptors (Lipinski definition) is 6. The Labute approximate surface area is 166 Å². The Bertz CT molecular complexity index is 1170. The van der Waals surface area contributed by atoms with Gasteiger partial charge >= 0.3 is 0 Å². The smallest absolute Gasteiger partial charge is 0.283 e. The zero-order valence-corrected chi connectivity index (χ0v) is 15.7. The number of rotatable bonds is 1. The lowest BCUT2D eigenvalue weighted by Crippen LogP contribution is -2.31. The Balaban J connectivity index is 1.78. The fourth-order valence-corrected chi connectivity index (χ4v) is 3.93. The van der Waals surface area contributed by atoms with Crippen LogP contribution in [-0.4, -0.2) is 22.6 Å². The number of ether oxygens (including phenoxy) is 2. The molecule has 0 amide bonds. The molecule has 0 aliphatic carbocycles. The average Bonchev–Trinajstić information content (AvgIpc) is 3.06. The third-order valence-corrected chi connectivity index (χ3v) is 5.19. The molecule has 28 heavy (non-hydrogen) atoms. The summed E-state index contributed by atoms with van der Waals surface area (Å²) in [5.41, 5.74) is 6.57. The van der Waals surface area contributed by atoms with Crippen molar-refractivity contribution in [2.24, 2.45) is 10.7 Å². The summed E-state index contributed by atoms with van der Waals surface area (Å²) in [6.45, 7) is 0.0526. The van der Waals surface area contributed by atoms with Crippen molar-refractivity contribution < 1.29 is 18.3 Å². The van der Waals surface area contributed by atoms with Crippen LogP contribution in [0.25, 0.3) is 11.1 Å². The van der Waals surface area contributed by atoms with E-state index in [4.69, 9.17) is 15.2 Å². The van der Waals surface area contributed by atoms with Gasteiger partial charge in [0.15, 0.2) is 11.3 Å². The van der Waals surface area contributed by atoms with Crippen molar-refractivity contribution in [3.8, 4) is 22.6 Å².